The van der Waals surface area contributed by atoms with Crippen molar-refractivity contribution >= 4 is 38.1 Å². The number of carbonyl (C=O) groups excluding carboxylic acids is 1. The molecule has 6 aromatic rings. The molecule has 2 aliphatic heterocycles. The molecule has 4 N–H and O–H groups in total. The van der Waals surface area contributed by atoms with Gasteiger partial charge in [-0.1, -0.05) is 25.1 Å². The zero-order chi connectivity index (χ0) is 45.5. The number of aliphatic imine (C=N–C) groups is 1. The molecule has 1 saturated heterocycles. The van der Waals surface area contributed by atoms with E-state index in [-0.39, 0.29) is 58.7 Å². The van der Waals surface area contributed by atoms with Crippen LogP contribution in [-0.4, -0.2) is 76.2 Å². The minimum absolute atomic E-state index is 0.00709. The summed E-state index contributed by atoms with van der Waals surface area (Å²) in [6.07, 6.45) is 7.03. The molecular formula is C47H49F2N9O6S. The van der Waals surface area contributed by atoms with Gasteiger partial charge in [0, 0.05) is 66.5 Å². The van der Waals surface area contributed by atoms with Gasteiger partial charge in [0.15, 0.2) is 5.82 Å². The van der Waals surface area contributed by atoms with Crippen molar-refractivity contribution in [3.63, 3.8) is 0 Å². The molecule has 0 bridgehead atoms. The first kappa shape index (κ1) is 42.5. The molecule has 0 spiro atoms. The zero-order valence-corrected chi connectivity index (χ0v) is 37.0. The van der Waals surface area contributed by atoms with Crippen molar-refractivity contribution < 1.29 is 27.0 Å². The predicted octanol–water partition coefficient (Wildman–Crippen LogP) is 7.25. The van der Waals surface area contributed by atoms with Crippen LogP contribution in [0.15, 0.2) is 108 Å². The first-order chi connectivity index (χ1) is 31.2. The van der Waals surface area contributed by atoms with Gasteiger partial charge in [-0.2, -0.15) is 0 Å². The van der Waals surface area contributed by atoms with Gasteiger partial charge in [0.1, 0.15) is 28.7 Å². The molecule has 2 aliphatic carbocycles. The highest BCUT2D eigenvalue weighted by molar-refractivity contribution is 7.92. The summed E-state index contributed by atoms with van der Waals surface area (Å²) >= 11 is 0. The van der Waals surface area contributed by atoms with Gasteiger partial charge in [0.2, 0.25) is 0 Å². The second-order valence-electron chi connectivity index (χ2n) is 17.7. The van der Waals surface area contributed by atoms with Crippen molar-refractivity contribution in [3.8, 4) is 5.69 Å². The van der Waals surface area contributed by atoms with Gasteiger partial charge in [0.25, 0.3) is 5.91 Å². The van der Waals surface area contributed by atoms with Gasteiger partial charge in [-0.05, 0) is 123 Å². The number of imidazole rings is 1. The lowest BCUT2D eigenvalue weighted by Gasteiger charge is -2.37. The molecule has 5 heterocycles. The number of amides is 1. The summed E-state index contributed by atoms with van der Waals surface area (Å²) in [7, 11) is -3.24. The Kier molecular flexibility index (Phi) is 10.4. The van der Waals surface area contributed by atoms with E-state index < -0.39 is 38.6 Å². The van der Waals surface area contributed by atoms with Crippen LogP contribution in [-0.2, 0) is 20.0 Å². The quantitative estimate of drug-likeness (QED) is 0.0943. The summed E-state index contributed by atoms with van der Waals surface area (Å²) in [5.41, 5.74) is 9.05. The third kappa shape index (κ3) is 7.26. The van der Waals surface area contributed by atoms with Gasteiger partial charge in [-0.3, -0.25) is 23.4 Å². The van der Waals surface area contributed by atoms with Crippen LogP contribution < -0.4 is 17.2 Å². The van der Waals surface area contributed by atoms with Crippen LogP contribution in [0.5, 0.6) is 0 Å². The Morgan fingerprint density at radius 2 is 1.77 bits per heavy atom. The number of hydrogen-bond acceptors (Lipinski definition) is 10. The lowest BCUT2D eigenvalue weighted by Crippen LogP contribution is -2.49. The SMILES string of the molecule is CC[S@](=N)(=O)c1ccc(-n2ccn(C(=Nc3ccc(F)c(C4CC4)c3)C3=C(N)CCN(C(=O)c4cc5cc(C6CCOCC6)ccc5n4[C@@]4(c5noc(=O)[nH]5)C[C@@H]4C)[C@H]3C)c2=O)c(F)c1. The van der Waals surface area contributed by atoms with Gasteiger partial charge in [-0.15, -0.1) is 0 Å². The van der Waals surface area contributed by atoms with E-state index in [1.807, 2.05) is 30.5 Å². The van der Waals surface area contributed by atoms with Gasteiger partial charge < -0.3 is 19.9 Å². The minimum Gasteiger partial charge on any atom is -0.402 e. The van der Waals surface area contributed by atoms with Crippen LogP contribution in [0.3, 0.4) is 0 Å². The molecule has 2 saturated carbocycles. The molecule has 10 rings (SSSR count). The molecule has 15 nitrogen and oxygen atoms in total. The average molecular weight is 906 g/mol. The van der Waals surface area contributed by atoms with E-state index in [0.717, 1.165) is 52.8 Å². The number of nitrogens with one attached hydrogen (secondary N) is 2. The summed E-state index contributed by atoms with van der Waals surface area (Å²) in [5.74, 6) is -1.55. The first-order valence-electron chi connectivity index (χ1n) is 22.0. The van der Waals surface area contributed by atoms with E-state index in [4.69, 9.17) is 24.8 Å². The summed E-state index contributed by atoms with van der Waals surface area (Å²) in [4.78, 5) is 51.8. The summed E-state index contributed by atoms with van der Waals surface area (Å²) in [5, 5.41) is 4.99. The Balaban J connectivity index is 1.09. The maximum Gasteiger partial charge on any atom is 0.438 e. The van der Waals surface area contributed by atoms with Gasteiger partial charge >= 0.3 is 11.4 Å². The second-order valence-corrected chi connectivity index (χ2v) is 20.1. The number of aromatic nitrogens is 5. The number of nitrogens with zero attached hydrogens (tertiary/aromatic N) is 6. The number of rotatable bonds is 10. The Labute approximate surface area is 372 Å². The van der Waals surface area contributed by atoms with E-state index in [0.29, 0.717) is 59.6 Å². The number of carbonyl (C=O) groups is 1. The molecule has 338 valence electrons. The van der Waals surface area contributed by atoms with E-state index in [1.165, 1.54) is 41.2 Å². The van der Waals surface area contributed by atoms with Crippen molar-refractivity contribution in [2.45, 2.75) is 87.6 Å². The molecule has 18 heteroatoms. The first-order valence-corrected chi connectivity index (χ1v) is 23.8. The summed E-state index contributed by atoms with van der Waals surface area (Å²) < 4.78 is 66.7. The number of halogens is 2. The Morgan fingerprint density at radius 1 is 1.00 bits per heavy atom. The molecule has 65 heavy (non-hydrogen) atoms. The van der Waals surface area contributed by atoms with E-state index >= 15 is 13.6 Å². The maximum atomic E-state index is 15.8. The van der Waals surface area contributed by atoms with E-state index in [1.54, 1.807) is 17.9 Å². The van der Waals surface area contributed by atoms with Crippen molar-refractivity contribution in [3.05, 3.63) is 140 Å². The highest BCUT2D eigenvalue weighted by atomic mass is 32.2. The monoisotopic (exact) mass is 905 g/mol. The molecule has 0 radical (unpaired) electrons. The number of benzene rings is 3. The fourth-order valence-corrected chi connectivity index (χ4v) is 10.8. The van der Waals surface area contributed by atoms with Crippen LogP contribution in [0.1, 0.15) is 98.6 Å². The van der Waals surface area contributed by atoms with Crippen molar-refractivity contribution in [2.75, 3.05) is 25.5 Å². The number of ether oxygens (including phenoxy) is 1. The van der Waals surface area contributed by atoms with Crippen LogP contribution in [0.25, 0.3) is 16.6 Å². The fraction of sp³-hybridized carbons (Fsp3) is 0.383. The lowest BCUT2D eigenvalue weighted by atomic mass is 9.91. The minimum atomic E-state index is -3.24. The number of nitrogens with two attached hydrogens (primary N) is 1. The van der Waals surface area contributed by atoms with Crippen LogP contribution in [0.4, 0.5) is 14.5 Å². The van der Waals surface area contributed by atoms with Crippen LogP contribution in [0, 0.1) is 22.3 Å². The van der Waals surface area contributed by atoms with Crippen molar-refractivity contribution in [2.24, 2.45) is 16.6 Å². The van der Waals surface area contributed by atoms with Crippen molar-refractivity contribution in [1.82, 2.24) is 28.7 Å². The summed E-state index contributed by atoms with van der Waals surface area (Å²) in [6.45, 7) is 6.98. The Hall–Kier alpha value is -6.40. The van der Waals surface area contributed by atoms with Crippen molar-refractivity contribution in [1.29, 1.82) is 4.78 Å². The third-order valence-corrected chi connectivity index (χ3v) is 15.6. The largest absolute Gasteiger partial charge is 0.438 e. The molecule has 3 aromatic heterocycles. The van der Waals surface area contributed by atoms with Crippen LogP contribution >= 0.6 is 0 Å². The number of H-pyrrole nitrogens is 1. The predicted molar refractivity (Wildman–Crippen MR) is 240 cm³/mol. The van der Waals surface area contributed by atoms with E-state index in [9.17, 15) is 13.8 Å². The molecule has 3 aromatic carbocycles. The standard InChI is InChI=1S/C47H49F2N9O6S/c1-4-65(51,62)33-9-12-39(36(49)24-33)56-17-18-57(46(56)61)42(52-32-8-10-35(48)34(23-32)29-5-6-29)41-27(3)55(16-13-37(41)50)43(59)40-22-31-21-30(28-14-19-63-20-15-28)7-11-38(31)58(40)47(25-26(47)2)44-53-45(60)64-54-44/h7-12,17-18,21-24,26-29,51H,4-6,13-16,19-20,25,50H2,1-3H3,(H,53,54,60)/t26-,27-,47-,65-/m0/s1. The summed E-state index contributed by atoms with van der Waals surface area (Å²) in [6, 6.07) is 15.5. The normalized spacial score (nSPS) is 22.7. The molecule has 3 fully saturated rings. The Morgan fingerprint density at radius 3 is 2.45 bits per heavy atom. The maximum absolute atomic E-state index is 15.8. The molecule has 1 amide bonds. The zero-order valence-electron chi connectivity index (χ0n) is 36.2. The topological polar surface area (TPSA) is 200 Å². The highest BCUT2D eigenvalue weighted by Gasteiger charge is 2.59. The van der Waals surface area contributed by atoms with Gasteiger partial charge in [0.05, 0.1) is 32.0 Å². The molecule has 0 unspecified atom stereocenters. The lowest BCUT2D eigenvalue weighted by molar-refractivity contribution is 0.0697. The second kappa shape index (κ2) is 15.9. The smallest absolute Gasteiger partial charge is 0.402 e. The van der Waals surface area contributed by atoms with E-state index in [2.05, 4.69) is 22.3 Å². The third-order valence-electron chi connectivity index (χ3n) is 13.8. The molecule has 4 atom stereocenters. The molecule has 4 aliphatic rings. The Bertz CT molecular complexity index is 3210. The molecular weight excluding hydrogens is 857 g/mol. The average Bonchev–Trinajstić information content (AvgIpc) is 4.11. The van der Waals surface area contributed by atoms with Gasteiger partial charge in [-0.25, -0.2) is 32.4 Å². The fourth-order valence-electron chi connectivity index (χ4n) is 9.88. The van der Waals surface area contributed by atoms with Crippen LogP contribution in [0.2, 0.25) is 0 Å². The number of fused-ring (bicyclic) bond motifs is 1. The highest BCUT2D eigenvalue weighted by Crippen LogP contribution is 2.56. The number of aromatic amines is 1. The number of hydrogen-bond donors (Lipinski definition) is 3.